The molecule has 1 amide bonds. The smallest absolute Gasteiger partial charge is 0.221 e. The number of carbonyl (C=O) groups is 1. The lowest BCUT2D eigenvalue weighted by atomic mass is 10.1. The number of rotatable bonds is 7. The molecule has 1 saturated heterocycles. The van der Waals surface area contributed by atoms with Crippen LogP contribution in [0.5, 0.6) is 5.75 Å². The number of benzene rings is 2. The summed E-state index contributed by atoms with van der Waals surface area (Å²) >= 11 is 0. The summed E-state index contributed by atoms with van der Waals surface area (Å²) in [4.78, 5) is 16.8. The molecule has 1 fully saturated rings. The highest BCUT2D eigenvalue weighted by atomic mass is 16.3. The van der Waals surface area contributed by atoms with E-state index in [4.69, 9.17) is 0 Å². The number of hydrogen-bond acceptors (Lipinski definition) is 5. The van der Waals surface area contributed by atoms with Gasteiger partial charge in [0, 0.05) is 51.4 Å². The predicted octanol–water partition coefficient (Wildman–Crippen LogP) is 2.06. The predicted molar refractivity (Wildman–Crippen MR) is 111 cm³/mol. The van der Waals surface area contributed by atoms with Crippen molar-refractivity contribution >= 4 is 11.6 Å². The molecular formula is C22H29N3O3. The van der Waals surface area contributed by atoms with E-state index in [-0.39, 0.29) is 18.2 Å². The molecule has 0 saturated carbocycles. The van der Waals surface area contributed by atoms with Gasteiger partial charge in [-0.25, -0.2) is 0 Å². The zero-order valence-corrected chi connectivity index (χ0v) is 16.3. The lowest BCUT2D eigenvalue weighted by Gasteiger charge is -2.36. The van der Waals surface area contributed by atoms with Crippen molar-refractivity contribution in [2.24, 2.45) is 0 Å². The monoisotopic (exact) mass is 383 g/mol. The fourth-order valence-electron chi connectivity index (χ4n) is 3.43. The van der Waals surface area contributed by atoms with Crippen molar-refractivity contribution in [3.63, 3.8) is 0 Å². The molecule has 0 unspecified atom stereocenters. The van der Waals surface area contributed by atoms with E-state index in [0.717, 1.165) is 32.7 Å². The molecular weight excluding hydrogens is 354 g/mol. The lowest BCUT2D eigenvalue weighted by Crippen LogP contribution is -2.47. The van der Waals surface area contributed by atoms with Gasteiger partial charge < -0.3 is 20.4 Å². The summed E-state index contributed by atoms with van der Waals surface area (Å²) in [5.41, 5.74) is 3.21. The number of nitrogens with one attached hydrogen (secondary N) is 1. The van der Waals surface area contributed by atoms with E-state index < -0.39 is 6.10 Å². The highest BCUT2D eigenvalue weighted by Gasteiger charge is 2.18. The van der Waals surface area contributed by atoms with Gasteiger partial charge in [-0.1, -0.05) is 24.3 Å². The molecule has 1 aliphatic rings. The standard InChI is InChI=1S/C22H29N3O3/c1-17-3-2-4-19(15-17)25-13-11-24(12-14-25)10-9-22(28)23-16-21(27)18-5-7-20(26)8-6-18/h2-8,15,21,26-27H,9-14,16H2,1H3,(H,23,28)/t21-/m1/s1. The quantitative estimate of drug-likeness (QED) is 0.682. The van der Waals surface area contributed by atoms with E-state index in [0.29, 0.717) is 12.0 Å². The second-order valence-corrected chi connectivity index (χ2v) is 7.33. The number of nitrogens with zero attached hydrogens (tertiary/aromatic N) is 2. The highest BCUT2D eigenvalue weighted by Crippen LogP contribution is 2.18. The fourth-order valence-corrected chi connectivity index (χ4v) is 3.43. The molecule has 6 heteroatoms. The second-order valence-electron chi connectivity index (χ2n) is 7.33. The molecule has 0 bridgehead atoms. The lowest BCUT2D eigenvalue weighted by molar-refractivity contribution is -0.121. The van der Waals surface area contributed by atoms with Crippen LogP contribution in [0.3, 0.4) is 0 Å². The van der Waals surface area contributed by atoms with Crippen LogP contribution < -0.4 is 10.2 Å². The number of aromatic hydroxyl groups is 1. The van der Waals surface area contributed by atoms with Crippen LogP contribution in [-0.4, -0.2) is 60.3 Å². The third-order valence-electron chi connectivity index (χ3n) is 5.16. The average Bonchev–Trinajstić information content (AvgIpc) is 2.71. The number of hydrogen-bond donors (Lipinski definition) is 3. The Labute approximate surface area is 166 Å². The molecule has 0 spiro atoms. The molecule has 6 nitrogen and oxygen atoms in total. The molecule has 3 rings (SSSR count). The van der Waals surface area contributed by atoms with E-state index in [9.17, 15) is 15.0 Å². The summed E-state index contributed by atoms with van der Waals surface area (Å²) in [6.07, 6.45) is -0.352. The first kappa shape index (κ1) is 20.2. The largest absolute Gasteiger partial charge is 0.508 e. The summed E-state index contributed by atoms with van der Waals surface area (Å²) in [7, 11) is 0. The number of carbonyl (C=O) groups excluding carboxylic acids is 1. The number of anilines is 1. The van der Waals surface area contributed by atoms with Crippen LogP contribution in [-0.2, 0) is 4.79 Å². The summed E-state index contributed by atoms with van der Waals surface area (Å²) in [5, 5.41) is 22.2. The van der Waals surface area contributed by atoms with Gasteiger partial charge in [-0.05, 0) is 42.3 Å². The Morgan fingerprint density at radius 2 is 1.82 bits per heavy atom. The van der Waals surface area contributed by atoms with Gasteiger partial charge in [-0.15, -0.1) is 0 Å². The number of amides is 1. The van der Waals surface area contributed by atoms with Crippen molar-refractivity contribution in [1.29, 1.82) is 0 Å². The number of phenolic OH excluding ortho intramolecular Hbond substituents is 1. The molecule has 2 aromatic rings. The molecule has 1 heterocycles. The topological polar surface area (TPSA) is 76.0 Å². The molecule has 0 radical (unpaired) electrons. The molecule has 1 atom stereocenters. The molecule has 0 aliphatic carbocycles. The second kappa shape index (κ2) is 9.57. The van der Waals surface area contributed by atoms with Gasteiger partial charge >= 0.3 is 0 Å². The minimum absolute atomic E-state index is 0.0565. The van der Waals surface area contributed by atoms with Crippen LogP contribution in [0.1, 0.15) is 23.7 Å². The third-order valence-corrected chi connectivity index (χ3v) is 5.16. The van der Waals surface area contributed by atoms with Crippen LogP contribution in [0.25, 0.3) is 0 Å². The average molecular weight is 383 g/mol. The Morgan fingerprint density at radius 1 is 1.11 bits per heavy atom. The number of aliphatic hydroxyl groups is 1. The molecule has 1 aliphatic heterocycles. The first-order valence-corrected chi connectivity index (χ1v) is 9.79. The maximum absolute atomic E-state index is 12.1. The number of aliphatic hydroxyl groups excluding tert-OH is 1. The van der Waals surface area contributed by atoms with Crippen LogP contribution >= 0.6 is 0 Å². The van der Waals surface area contributed by atoms with Crippen LogP contribution in [0, 0.1) is 6.92 Å². The van der Waals surface area contributed by atoms with E-state index >= 15 is 0 Å². The Morgan fingerprint density at radius 3 is 2.50 bits per heavy atom. The first-order chi connectivity index (χ1) is 13.5. The Balaban J connectivity index is 1.35. The van der Waals surface area contributed by atoms with Crippen molar-refractivity contribution in [3.05, 3.63) is 59.7 Å². The summed E-state index contributed by atoms with van der Waals surface area (Å²) in [6, 6.07) is 14.9. The van der Waals surface area contributed by atoms with Gasteiger partial charge in [0.1, 0.15) is 5.75 Å². The maximum Gasteiger partial charge on any atom is 0.221 e. The maximum atomic E-state index is 12.1. The Bertz CT molecular complexity index is 771. The normalized spacial score (nSPS) is 16.0. The number of piperazine rings is 1. The SMILES string of the molecule is Cc1cccc(N2CCN(CCC(=O)NC[C@@H](O)c3ccc(O)cc3)CC2)c1. The van der Waals surface area contributed by atoms with Gasteiger partial charge in [-0.2, -0.15) is 0 Å². The number of phenols is 1. The first-order valence-electron chi connectivity index (χ1n) is 9.79. The molecule has 2 aromatic carbocycles. The molecule has 28 heavy (non-hydrogen) atoms. The summed E-state index contributed by atoms with van der Waals surface area (Å²) in [5.74, 6) is 0.0985. The fraction of sp³-hybridized carbons (Fsp3) is 0.409. The molecule has 150 valence electrons. The van der Waals surface area contributed by atoms with Gasteiger partial charge in [0.2, 0.25) is 5.91 Å². The summed E-state index contributed by atoms with van der Waals surface area (Å²) < 4.78 is 0. The van der Waals surface area contributed by atoms with Gasteiger partial charge in [0.15, 0.2) is 0 Å². The van der Waals surface area contributed by atoms with E-state index in [1.165, 1.54) is 23.4 Å². The minimum Gasteiger partial charge on any atom is -0.508 e. The molecule has 0 aromatic heterocycles. The third kappa shape index (κ3) is 5.71. The van der Waals surface area contributed by atoms with E-state index in [1.54, 1.807) is 12.1 Å². The van der Waals surface area contributed by atoms with Crippen molar-refractivity contribution < 1.29 is 15.0 Å². The van der Waals surface area contributed by atoms with Crippen LogP contribution in [0.4, 0.5) is 5.69 Å². The highest BCUT2D eigenvalue weighted by molar-refractivity contribution is 5.76. The van der Waals surface area contributed by atoms with E-state index in [2.05, 4.69) is 46.3 Å². The number of aryl methyl sites for hydroxylation is 1. The van der Waals surface area contributed by atoms with Crippen molar-refractivity contribution in [3.8, 4) is 5.75 Å². The van der Waals surface area contributed by atoms with Gasteiger partial charge in [0.25, 0.3) is 0 Å². The van der Waals surface area contributed by atoms with E-state index in [1.807, 2.05) is 0 Å². The molecule has 3 N–H and O–H groups in total. The zero-order valence-electron chi connectivity index (χ0n) is 16.3. The zero-order chi connectivity index (χ0) is 19.9. The van der Waals surface area contributed by atoms with Gasteiger partial charge in [-0.3, -0.25) is 9.69 Å². The van der Waals surface area contributed by atoms with Crippen molar-refractivity contribution in [2.45, 2.75) is 19.4 Å². The Kier molecular flexibility index (Phi) is 6.90. The van der Waals surface area contributed by atoms with Gasteiger partial charge in [0.05, 0.1) is 6.10 Å². The van der Waals surface area contributed by atoms with Crippen LogP contribution in [0.15, 0.2) is 48.5 Å². The minimum atomic E-state index is -0.776. The Hall–Kier alpha value is -2.57. The summed E-state index contributed by atoms with van der Waals surface area (Å²) in [6.45, 7) is 6.81. The van der Waals surface area contributed by atoms with Crippen molar-refractivity contribution in [2.75, 3.05) is 44.2 Å². The van der Waals surface area contributed by atoms with Crippen molar-refractivity contribution in [1.82, 2.24) is 10.2 Å². The van der Waals surface area contributed by atoms with Crippen LogP contribution in [0.2, 0.25) is 0 Å².